The summed E-state index contributed by atoms with van der Waals surface area (Å²) in [7, 11) is 0. The van der Waals surface area contributed by atoms with Gasteiger partial charge in [0, 0.05) is 39.0 Å². The van der Waals surface area contributed by atoms with Gasteiger partial charge in [-0.05, 0) is 83.3 Å². The lowest BCUT2D eigenvalue weighted by Gasteiger charge is -2.17. The highest BCUT2D eigenvalue weighted by molar-refractivity contribution is 6.09. The number of rotatable bonds is 6. The van der Waals surface area contributed by atoms with Crippen LogP contribution < -0.4 is 5.32 Å². The predicted octanol–water partition coefficient (Wildman–Crippen LogP) is 11.7. The van der Waals surface area contributed by atoms with Crippen LogP contribution in [0.5, 0.6) is 0 Å². The van der Waals surface area contributed by atoms with Crippen LogP contribution in [0.4, 0.5) is 11.4 Å². The average Bonchev–Trinajstić information content (AvgIpc) is 3.47. The Bertz CT molecular complexity index is 2390. The molecule has 0 aliphatic heterocycles. The Hall–Kier alpha value is -6.37. The zero-order valence-corrected chi connectivity index (χ0v) is 26.0. The second kappa shape index (κ2) is 11.9. The molecular weight excluding hydrogens is 571 g/mol. The minimum atomic E-state index is 0.627. The molecule has 8 aromatic rings. The molecular formula is C44H31N3. The zero-order chi connectivity index (χ0) is 31.7. The standard InChI is InChI=1S/C44H31N3/c1-30-10-2-3-11-36(30)37-12-4-7-15-41(37)46-42-27-18-31(29-45)28-40(42)34-21-19-32(20-22-34)33-23-25-35(26-24-33)47-43-16-8-5-13-38(43)39-14-6-9-17-44(39)47/h2-28,46H,1H3. The third kappa shape index (κ3) is 5.13. The Balaban J connectivity index is 1.12. The van der Waals surface area contributed by atoms with E-state index in [4.69, 9.17) is 0 Å². The summed E-state index contributed by atoms with van der Waals surface area (Å²) in [6.45, 7) is 2.14. The first kappa shape index (κ1) is 28.1. The van der Waals surface area contributed by atoms with Crippen LogP contribution in [0.2, 0.25) is 0 Å². The summed E-state index contributed by atoms with van der Waals surface area (Å²) in [6, 6.07) is 59.5. The lowest BCUT2D eigenvalue weighted by Crippen LogP contribution is -1.97. The third-order valence-electron chi connectivity index (χ3n) is 9.02. The fraction of sp³-hybridized carbons (Fsp3) is 0.0227. The second-order valence-corrected chi connectivity index (χ2v) is 11.9. The van der Waals surface area contributed by atoms with E-state index in [9.17, 15) is 5.26 Å². The fourth-order valence-electron chi connectivity index (χ4n) is 6.65. The van der Waals surface area contributed by atoms with Gasteiger partial charge in [-0.3, -0.25) is 0 Å². The molecule has 7 aromatic carbocycles. The number of benzene rings is 7. The van der Waals surface area contributed by atoms with Crippen molar-refractivity contribution < 1.29 is 0 Å². The molecule has 0 atom stereocenters. The molecule has 222 valence electrons. The summed E-state index contributed by atoms with van der Waals surface area (Å²) in [5, 5.41) is 16.0. The number of para-hydroxylation sites is 3. The van der Waals surface area contributed by atoms with Crippen molar-refractivity contribution in [3.05, 3.63) is 175 Å². The fourth-order valence-corrected chi connectivity index (χ4v) is 6.65. The molecule has 3 heteroatoms. The quantitative estimate of drug-likeness (QED) is 0.206. The van der Waals surface area contributed by atoms with E-state index >= 15 is 0 Å². The molecule has 47 heavy (non-hydrogen) atoms. The van der Waals surface area contributed by atoms with E-state index in [1.165, 1.54) is 32.9 Å². The van der Waals surface area contributed by atoms with Crippen molar-refractivity contribution in [3.8, 4) is 45.1 Å². The number of hydrogen-bond acceptors (Lipinski definition) is 2. The molecule has 0 radical (unpaired) electrons. The number of hydrogen-bond donors (Lipinski definition) is 1. The summed E-state index contributed by atoms with van der Waals surface area (Å²) in [4.78, 5) is 0. The molecule has 1 N–H and O–H groups in total. The van der Waals surface area contributed by atoms with Gasteiger partial charge in [-0.15, -0.1) is 0 Å². The molecule has 8 rings (SSSR count). The van der Waals surface area contributed by atoms with Crippen LogP contribution in [-0.4, -0.2) is 4.57 Å². The molecule has 0 bridgehead atoms. The van der Waals surface area contributed by atoms with Crippen molar-refractivity contribution in [2.24, 2.45) is 0 Å². The largest absolute Gasteiger partial charge is 0.355 e. The topological polar surface area (TPSA) is 40.8 Å². The van der Waals surface area contributed by atoms with E-state index < -0.39 is 0 Å². The van der Waals surface area contributed by atoms with Gasteiger partial charge in [0.2, 0.25) is 0 Å². The Morgan fingerprint density at radius 1 is 0.489 bits per heavy atom. The van der Waals surface area contributed by atoms with E-state index in [2.05, 4.69) is 168 Å². The van der Waals surface area contributed by atoms with E-state index in [0.29, 0.717) is 5.56 Å². The van der Waals surface area contributed by atoms with Crippen LogP contribution in [-0.2, 0) is 0 Å². The molecule has 0 fully saturated rings. The number of fused-ring (bicyclic) bond motifs is 3. The lowest BCUT2D eigenvalue weighted by molar-refractivity contribution is 1.18. The molecule has 0 aliphatic carbocycles. The summed E-state index contributed by atoms with van der Waals surface area (Å²) >= 11 is 0. The van der Waals surface area contributed by atoms with E-state index in [1.807, 2.05) is 18.2 Å². The lowest BCUT2D eigenvalue weighted by atomic mass is 9.96. The molecule has 1 heterocycles. The van der Waals surface area contributed by atoms with Gasteiger partial charge in [0.05, 0.1) is 22.7 Å². The summed E-state index contributed by atoms with van der Waals surface area (Å²) in [5.74, 6) is 0. The minimum Gasteiger partial charge on any atom is -0.355 e. The normalized spacial score (nSPS) is 11.1. The van der Waals surface area contributed by atoms with Gasteiger partial charge in [0.1, 0.15) is 0 Å². The Labute approximate surface area is 274 Å². The zero-order valence-electron chi connectivity index (χ0n) is 26.0. The van der Waals surface area contributed by atoms with Crippen LogP contribution in [0.1, 0.15) is 11.1 Å². The van der Waals surface area contributed by atoms with Gasteiger partial charge in [-0.1, -0.05) is 115 Å². The number of aryl methyl sites for hydroxylation is 1. The molecule has 0 saturated carbocycles. The molecule has 0 aliphatic rings. The summed E-state index contributed by atoms with van der Waals surface area (Å²) in [5.41, 5.74) is 14.0. The first-order valence-electron chi connectivity index (χ1n) is 15.8. The molecule has 0 amide bonds. The number of nitrogens with one attached hydrogen (secondary N) is 1. The monoisotopic (exact) mass is 601 g/mol. The molecule has 1 aromatic heterocycles. The molecule has 3 nitrogen and oxygen atoms in total. The van der Waals surface area contributed by atoms with Crippen molar-refractivity contribution in [2.45, 2.75) is 6.92 Å². The van der Waals surface area contributed by atoms with E-state index in [-0.39, 0.29) is 0 Å². The maximum atomic E-state index is 9.74. The Morgan fingerprint density at radius 2 is 1.02 bits per heavy atom. The predicted molar refractivity (Wildman–Crippen MR) is 196 cm³/mol. The van der Waals surface area contributed by atoms with Crippen LogP contribution in [0.15, 0.2) is 164 Å². The van der Waals surface area contributed by atoms with Gasteiger partial charge in [-0.25, -0.2) is 0 Å². The molecule has 0 unspecified atom stereocenters. The molecule has 0 saturated heterocycles. The highest BCUT2D eigenvalue weighted by Crippen LogP contribution is 2.37. The van der Waals surface area contributed by atoms with Gasteiger partial charge in [-0.2, -0.15) is 5.26 Å². The second-order valence-electron chi connectivity index (χ2n) is 11.9. The van der Waals surface area contributed by atoms with Crippen molar-refractivity contribution in [1.82, 2.24) is 4.57 Å². The third-order valence-corrected chi connectivity index (χ3v) is 9.02. The highest BCUT2D eigenvalue weighted by atomic mass is 15.0. The van der Waals surface area contributed by atoms with Gasteiger partial charge in [0.25, 0.3) is 0 Å². The van der Waals surface area contributed by atoms with Gasteiger partial charge < -0.3 is 9.88 Å². The number of nitrogens with zero attached hydrogens (tertiary/aromatic N) is 2. The Kier molecular flexibility index (Phi) is 7.09. The highest BCUT2D eigenvalue weighted by Gasteiger charge is 2.14. The number of aromatic nitrogens is 1. The smallest absolute Gasteiger partial charge is 0.0991 e. The van der Waals surface area contributed by atoms with E-state index in [1.54, 1.807) is 0 Å². The van der Waals surface area contributed by atoms with E-state index in [0.717, 1.165) is 44.9 Å². The van der Waals surface area contributed by atoms with Crippen molar-refractivity contribution >= 4 is 33.2 Å². The average molecular weight is 602 g/mol. The first-order valence-corrected chi connectivity index (χ1v) is 15.8. The Morgan fingerprint density at radius 3 is 1.68 bits per heavy atom. The van der Waals surface area contributed by atoms with Crippen molar-refractivity contribution in [3.63, 3.8) is 0 Å². The van der Waals surface area contributed by atoms with Crippen molar-refractivity contribution in [2.75, 3.05) is 5.32 Å². The van der Waals surface area contributed by atoms with Gasteiger partial charge in [0.15, 0.2) is 0 Å². The summed E-state index contributed by atoms with van der Waals surface area (Å²) in [6.07, 6.45) is 0. The molecule has 0 spiro atoms. The first-order chi connectivity index (χ1) is 23.2. The van der Waals surface area contributed by atoms with Crippen molar-refractivity contribution in [1.29, 1.82) is 5.26 Å². The SMILES string of the molecule is Cc1ccccc1-c1ccccc1Nc1ccc(C#N)cc1-c1ccc(-c2ccc(-n3c4ccccc4c4ccccc43)cc2)cc1. The number of anilines is 2. The van der Waals surface area contributed by atoms with Gasteiger partial charge >= 0.3 is 0 Å². The van der Waals surface area contributed by atoms with Crippen LogP contribution in [0.25, 0.3) is 60.9 Å². The van der Waals surface area contributed by atoms with Crippen LogP contribution in [0.3, 0.4) is 0 Å². The maximum absolute atomic E-state index is 9.74. The number of nitriles is 1. The van der Waals surface area contributed by atoms with Crippen LogP contribution in [0, 0.1) is 18.3 Å². The van der Waals surface area contributed by atoms with Crippen LogP contribution >= 0.6 is 0 Å². The summed E-state index contributed by atoms with van der Waals surface area (Å²) < 4.78 is 2.34. The maximum Gasteiger partial charge on any atom is 0.0991 e. The minimum absolute atomic E-state index is 0.627.